The topological polar surface area (TPSA) is 64.9 Å². The van der Waals surface area contributed by atoms with E-state index >= 15 is 0 Å². The van der Waals surface area contributed by atoms with Crippen molar-refractivity contribution in [2.45, 2.75) is 19.4 Å². The summed E-state index contributed by atoms with van der Waals surface area (Å²) in [5, 5.41) is 0. The smallest absolute Gasteiger partial charge is 0.126 e. The fraction of sp³-hybridized carbons (Fsp3) is 0.214. The van der Waals surface area contributed by atoms with E-state index in [4.69, 9.17) is 11.5 Å². The largest absolute Gasteiger partial charge is 0.398 e. The van der Waals surface area contributed by atoms with Crippen molar-refractivity contribution in [3.05, 3.63) is 59.2 Å². The zero-order chi connectivity index (χ0) is 13.1. The van der Waals surface area contributed by atoms with Crippen LogP contribution in [-0.4, -0.2) is 4.98 Å². The zero-order valence-electron chi connectivity index (χ0n) is 10.2. The first-order valence-electron chi connectivity index (χ1n) is 5.78. The van der Waals surface area contributed by atoms with E-state index in [0.29, 0.717) is 17.7 Å². The van der Waals surface area contributed by atoms with Crippen molar-refractivity contribution in [2.75, 3.05) is 5.73 Å². The third-order valence-electron chi connectivity index (χ3n) is 2.99. The second-order valence-electron chi connectivity index (χ2n) is 4.39. The first-order valence-corrected chi connectivity index (χ1v) is 5.78. The maximum Gasteiger partial charge on any atom is 0.126 e. The lowest BCUT2D eigenvalue weighted by Gasteiger charge is -2.14. The average Bonchev–Trinajstić information content (AvgIpc) is 2.35. The summed E-state index contributed by atoms with van der Waals surface area (Å²) in [5.41, 5.74) is 15.0. The van der Waals surface area contributed by atoms with Crippen molar-refractivity contribution in [1.82, 2.24) is 4.98 Å². The molecule has 0 saturated carbocycles. The second-order valence-corrected chi connectivity index (χ2v) is 4.39. The number of nitrogens with two attached hydrogens (primary N) is 2. The summed E-state index contributed by atoms with van der Waals surface area (Å²) in [5.74, 6) is -0.216. The van der Waals surface area contributed by atoms with E-state index in [1.807, 2.05) is 0 Å². The van der Waals surface area contributed by atoms with E-state index in [1.165, 1.54) is 6.07 Å². The van der Waals surface area contributed by atoms with Crippen molar-refractivity contribution in [3.63, 3.8) is 0 Å². The van der Waals surface area contributed by atoms with Crippen LogP contribution >= 0.6 is 0 Å². The number of aryl methyl sites for hydroxylation is 1. The summed E-state index contributed by atoms with van der Waals surface area (Å²) >= 11 is 0. The summed E-state index contributed by atoms with van der Waals surface area (Å²) in [6.45, 7) is 1.73. The van der Waals surface area contributed by atoms with E-state index < -0.39 is 0 Å². The molecule has 0 amide bonds. The molecule has 2 rings (SSSR count). The Balaban J connectivity index is 2.19. The van der Waals surface area contributed by atoms with Gasteiger partial charge in [0.25, 0.3) is 0 Å². The van der Waals surface area contributed by atoms with Crippen LogP contribution in [0.4, 0.5) is 10.1 Å². The van der Waals surface area contributed by atoms with Crippen LogP contribution in [0.5, 0.6) is 0 Å². The molecule has 1 aromatic carbocycles. The van der Waals surface area contributed by atoms with Gasteiger partial charge in [-0.05, 0) is 42.2 Å². The highest BCUT2D eigenvalue weighted by Crippen LogP contribution is 2.21. The van der Waals surface area contributed by atoms with Gasteiger partial charge in [-0.2, -0.15) is 0 Å². The van der Waals surface area contributed by atoms with Gasteiger partial charge in [-0.3, -0.25) is 4.98 Å². The minimum Gasteiger partial charge on any atom is -0.398 e. The molecule has 0 radical (unpaired) electrons. The highest BCUT2D eigenvalue weighted by Gasteiger charge is 2.10. The Morgan fingerprint density at radius 2 is 2.11 bits per heavy atom. The minimum atomic E-state index is -0.216. The molecule has 1 unspecified atom stereocenters. The maximum absolute atomic E-state index is 13.2. The molecule has 18 heavy (non-hydrogen) atoms. The number of anilines is 1. The molecule has 1 aromatic heterocycles. The van der Waals surface area contributed by atoms with Gasteiger partial charge in [0.1, 0.15) is 5.82 Å². The van der Waals surface area contributed by atoms with Crippen molar-refractivity contribution in [2.24, 2.45) is 5.73 Å². The van der Waals surface area contributed by atoms with Gasteiger partial charge in [-0.15, -0.1) is 0 Å². The van der Waals surface area contributed by atoms with Crippen LogP contribution in [0, 0.1) is 12.7 Å². The predicted molar refractivity (Wildman–Crippen MR) is 70.4 cm³/mol. The lowest BCUT2D eigenvalue weighted by Crippen LogP contribution is -2.14. The molecule has 0 aliphatic heterocycles. The van der Waals surface area contributed by atoms with Gasteiger partial charge in [-0.1, -0.05) is 12.1 Å². The van der Waals surface area contributed by atoms with Crippen LogP contribution in [0.25, 0.3) is 0 Å². The summed E-state index contributed by atoms with van der Waals surface area (Å²) in [7, 11) is 0. The van der Waals surface area contributed by atoms with Gasteiger partial charge in [0.2, 0.25) is 0 Å². The van der Waals surface area contributed by atoms with Crippen LogP contribution in [0.2, 0.25) is 0 Å². The Morgan fingerprint density at radius 1 is 1.33 bits per heavy atom. The number of halogens is 1. The van der Waals surface area contributed by atoms with Gasteiger partial charge in [0, 0.05) is 24.1 Å². The van der Waals surface area contributed by atoms with Crippen LogP contribution in [-0.2, 0) is 6.42 Å². The molecule has 0 spiro atoms. The number of hydrogen-bond acceptors (Lipinski definition) is 3. The van der Waals surface area contributed by atoms with E-state index in [2.05, 4.69) is 4.98 Å². The number of pyridine rings is 1. The van der Waals surface area contributed by atoms with Gasteiger partial charge >= 0.3 is 0 Å². The Labute approximate surface area is 106 Å². The third kappa shape index (κ3) is 2.65. The molecule has 4 heteroatoms. The number of benzene rings is 1. The quantitative estimate of drug-likeness (QED) is 0.872. The molecule has 0 aliphatic carbocycles. The Bertz CT molecular complexity index is 554. The van der Waals surface area contributed by atoms with E-state index in [-0.39, 0.29) is 11.9 Å². The highest BCUT2D eigenvalue weighted by atomic mass is 19.1. The third-order valence-corrected chi connectivity index (χ3v) is 2.99. The van der Waals surface area contributed by atoms with Crippen molar-refractivity contribution in [3.8, 4) is 0 Å². The normalized spacial score (nSPS) is 12.4. The lowest BCUT2D eigenvalue weighted by atomic mass is 9.98. The Morgan fingerprint density at radius 3 is 2.78 bits per heavy atom. The second kappa shape index (κ2) is 5.14. The molecule has 1 heterocycles. The summed E-state index contributed by atoms with van der Waals surface area (Å²) < 4.78 is 13.2. The monoisotopic (exact) mass is 245 g/mol. The molecular weight excluding hydrogens is 229 g/mol. The van der Waals surface area contributed by atoms with E-state index in [9.17, 15) is 4.39 Å². The predicted octanol–water partition coefficient (Wildman–Crippen LogP) is 2.35. The number of aromatic nitrogens is 1. The molecule has 4 N–H and O–H groups in total. The number of rotatable bonds is 3. The molecule has 0 fully saturated rings. The Kier molecular flexibility index (Phi) is 3.58. The van der Waals surface area contributed by atoms with Crippen LogP contribution in [0.3, 0.4) is 0 Å². The van der Waals surface area contributed by atoms with Crippen LogP contribution < -0.4 is 11.5 Å². The molecule has 1 atom stereocenters. The van der Waals surface area contributed by atoms with E-state index in [0.717, 1.165) is 11.1 Å². The van der Waals surface area contributed by atoms with Crippen molar-refractivity contribution >= 4 is 5.69 Å². The fourth-order valence-corrected chi connectivity index (χ4v) is 1.86. The number of hydrogen-bond donors (Lipinski definition) is 2. The number of nitrogen functional groups attached to an aromatic ring is 1. The van der Waals surface area contributed by atoms with Crippen LogP contribution in [0.1, 0.15) is 22.7 Å². The van der Waals surface area contributed by atoms with Gasteiger partial charge < -0.3 is 11.5 Å². The molecule has 0 bridgehead atoms. The maximum atomic E-state index is 13.2. The fourth-order valence-electron chi connectivity index (χ4n) is 1.86. The van der Waals surface area contributed by atoms with Gasteiger partial charge in [0.15, 0.2) is 0 Å². The van der Waals surface area contributed by atoms with E-state index in [1.54, 1.807) is 37.5 Å². The summed E-state index contributed by atoms with van der Waals surface area (Å²) in [6.07, 6.45) is 3.95. The Hall–Kier alpha value is -1.94. The number of nitrogens with zero attached hydrogens (tertiary/aromatic N) is 1. The first-order chi connectivity index (χ1) is 8.58. The molecular formula is C14H16FN3. The molecule has 3 nitrogen and oxygen atoms in total. The molecule has 2 aromatic rings. The lowest BCUT2D eigenvalue weighted by molar-refractivity contribution is 0.615. The molecule has 94 valence electrons. The molecule has 0 saturated heterocycles. The molecule has 0 aliphatic rings. The summed E-state index contributed by atoms with van der Waals surface area (Å²) in [4.78, 5) is 4.03. The average molecular weight is 245 g/mol. The SMILES string of the molecule is Cc1cc(C(N)Cc2cnccc2N)ccc1F. The zero-order valence-corrected chi connectivity index (χ0v) is 10.2. The van der Waals surface area contributed by atoms with Crippen molar-refractivity contribution in [1.29, 1.82) is 0 Å². The highest BCUT2D eigenvalue weighted by molar-refractivity contribution is 5.45. The van der Waals surface area contributed by atoms with Gasteiger partial charge in [-0.25, -0.2) is 4.39 Å². The van der Waals surface area contributed by atoms with Gasteiger partial charge in [0.05, 0.1) is 0 Å². The van der Waals surface area contributed by atoms with Crippen molar-refractivity contribution < 1.29 is 4.39 Å². The first kappa shape index (κ1) is 12.5. The summed E-state index contributed by atoms with van der Waals surface area (Å²) in [6, 6.07) is 6.46. The minimum absolute atomic E-state index is 0.212. The van der Waals surface area contributed by atoms with Crippen LogP contribution in [0.15, 0.2) is 36.7 Å². The standard InChI is InChI=1S/C14H16FN3/c1-9-6-10(2-3-12(9)15)14(17)7-11-8-18-5-4-13(11)16/h2-6,8,14H,7,17H2,1H3,(H2,16,18).